The van der Waals surface area contributed by atoms with Crippen LogP contribution in [0.2, 0.25) is 0 Å². The minimum Gasteiger partial charge on any atom is -0.309 e. The summed E-state index contributed by atoms with van der Waals surface area (Å²) in [4.78, 5) is 0. The summed E-state index contributed by atoms with van der Waals surface area (Å²) in [5, 5.41) is 3.01. The molecular weight excluding hydrogens is 158 g/mol. The van der Waals surface area contributed by atoms with Crippen LogP contribution in [0.1, 0.15) is 27.2 Å². The molecule has 1 heteroatoms. The number of allylic oxidation sites excluding steroid dienone is 2. The second-order valence-corrected chi connectivity index (χ2v) is 3.66. The predicted octanol–water partition coefficient (Wildman–Crippen LogP) is 2.45. The first-order valence-electron chi connectivity index (χ1n) is 4.96. The van der Waals surface area contributed by atoms with E-state index in [0.717, 1.165) is 13.0 Å². The summed E-state index contributed by atoms with van der Waals surface area (Å²) in [5.74, 6) is 7.40. The maximum atomic E-state index is 3.19. The average molecular weight is 179 g/mol. The van der Waals surface area contributed by atoms with Crippen molar-refractivity contribution in [1.82, 2.24) is 5.32 Å². The Hall–Kier alpha value is -0.740. The largest absolute Gasteiger partial charge is 0.309 e. The zero-order valence-electron chi connectivity index (χ0n) is 9.22. The van der Waals surface area contributed by atoms with Gasteiger partial charge in [-0.05, 0) is 19.4 Å². The lowest BCUT2D eigenvalue weighted by molar-refractivity contribution is 0.754. The van der Waals surface area contributed by atoms with Gasteiger partial charge in [-0.15, -0.1) is 0 Å². The van der Waals surface area contributed by atoms with Gasteiger partial charge in [-0.3, -0.25) is 0 Å². The molecule has 0 rings (SSSR count). The van der Waals surface area contributed by atoms with Crippen LogP contribution in [0.3, 0.4) is 0 Å². The second kappa shape index (κ2) is 7.89. The minimum absolute atomic E-state index is 0.475. The SMILES string of the molecule is CNCC#CC(C)CC=CC(C)C. The fraction of sp³-hybridized carbons (Fsp3) is 0.667. The molecule has 0 radical (unpaired) electrons. The first-order valence-corrected chi connectivity index (χ1v) is 4.96. The molecule has 0 aliphatic rings. The van der Waals surface area contributed by atoms with Crippen LogP contribution in [0, 0.1) is 23.7 Å². The van der Waals surface area contributed by atoms with E-state index in [1.807, 2.05) is 7.05 Å². The van der Waals surface area contributed by atoms with Crippen molar-refractivity contribution in [1.29, 1.82) is 0 Å². The molecule has 13 heavy (non-hydrogen) atoms. The van der Waals surface area contributed by atoms with Crippen LogP contribution in [0.4, 0.5) is 0 Å². The normalized spacial score (nSPS) is 13.0. The third kappa shape index (κ3) is 9.17. The molecule has 0 heterocycles. The summed E-state index contributed by atoms with van der Waals surface area (Å²) in [5.41, 5.74) is 0. The highest BCUT2D eigenvalue weighted by molar-refractivity contribution is 5.05. The lowest BCUT2D eigenvalue weighted by Gasteiger charge is -1.98. The van der Waals surface area contributed by atoms with E-state index in [9.17, 15) is 0 Å². The fourth-order valence-corrected chi connectivity index (χ4v) is 0.927. The van der Waals surface area contributed by atoms with Gasteiger partial charge >= 0.3 is 0 Å². The highest BCUT2D eigenvalue weighted by atomic mass is 14.8. The highest BCUT2D eigenvalue weighted by Crippen LogP contribution is 2.03. The maximum absolute atomic E-state index is 3.19. The number of hydrogen-bond acceptors (Lipinski definition) is 1. The van der Waals surface area contributed by atoms with Crippen molar-refractivity contribution in [2.24, 2.45) is 11.8 Å². The van der Waals surface area contributed by atoms with Crippen LogP contribution < -0.4 is 5.32 Å². The molecular formula is C12H21N. The Labute approximate surface area is 82.6 Å². The minimum atomic E-state index is 0.475. The predicted molar refractivity (Wildman–Crippen MR) is 59.5 cm³/mol. The van der Waals surface area contributed by atoms with Crippen LogP contribution in [-0.4, -0.2) is 13.6 Å². The summed E-state index contributed by atoms with van der Waals surface area (Å²) in [6.07, 6.45) is 5.52. The van der Waals surface area contributed by atoms with Crippen LogP contribution in [0.25, 0.3) is 0 Å². The Morgan fingerprint density at radius 3 is 2.54 bits per heavy atom. The molecule has 0 bridgehead atoms. The van der Waals surface area contributed by atoms with Crippen LogP contribution in [0.15, 0.2) is 12.2 Å². The van der Waals surface area contributed by atoms with E-state index in [1.165, 1.54) is 0 Å². The van der Waals surface area contributed by atoms with Gasteiger partial charge in [0.2, 0.25) is 0 Å². The quantitative estimate of drug-likeness (QED) is 0.516. The Morgan fingerprint density at radius 2 is 2.00 bits per heavy atom. The van der Waals surface area contributed by atoms with E-state index in [2.05, 4.69) is 50.1 Å². The summed E-state index contributed by atoms with van der Waals surface area (Å²) in [6, 6.07) is 0. The Bertz CT molecular complexity index is 193. The van der Waals surface area contributed by atoms with Crippen molar-refractivity contribution in [3.05, 3.63) is 12.2 Å². The highest BCUT2D eigenvalue weighted by Gasteiger charge is 1.92. The van der Waals surface area contributed by atoms with Crippen LogP contribution >= 0.6 is 0 Å². The maximum Gasteiger partial charge on any atom is 0.0574 e. The van der Waals surface area contributed by atoms with Crippen LogP contribution in [-0.2, 0) is 0 Å². The van der Waals surface area contributed by atoms with Gasteiger partial charge in [0.05, 0.1) is 6.54 Å². The van der Waals surface area contributed by atoms with E-state index in [4.69, 9.17) is 0 Å². The molecule has 0 aromatic rings. The Kier molecular flexibility index (Phi) is 7.44. The molecule has 0 amide bonds. The molecule has 74 valence electrons. The van der Waals surface area contributed by atoms with E-state index in [1.54, 1.807) is 0 Å². The lowest BCUT2D eigenvalue weighted by Crippen LogP contribution is -2.04. The van der Waals surface area contributed by atoms with E-state index >= 15 is 0 Å². The standard InChI is InChI=1S/C12H21N/c1-11(2)7-5-8-12(3)9-6-10-13-4/h5,7,11-13H,8,10H2,1-4H3. The van der Waals surface area contributed by atoms with Gasteiger partial charge in [-0.2, -0.15) is 0 Å². The first kappa shape index (κ1) is 12.3. The summed E-state index contributed by atoms with van der Waals surface area (Å²) in [7, 11) is 1.91. The zero-order chi connectivity index (χ0) is 10.1. The summed E-state index contributed by atoms with van der Waals surface area (Å²) < 4.78 is 0. The van der Waals surface area contributed by atoms with Gasteiger partial charge in [0.25, 0.3) is 0 Å². The lowest BCUT2D eigenvalue weighted by atomic mass is 10.1. The van der Waals surface area contributed by atoms with Gasteiger partial charge < -0.3 is 5.32 Å². The van der Waals surface area contributed by atoms with E-state index in [-0.39, 0.29) is 0 Å². The molecule has 0 aromatic heterocycles. The molecule has 0 spiro atoms. The molecule has 1 atom stereocenters. The van der Waals surface area contributed by atoms with Gasteiger partial charge in [0.1, 0.15) is 0 Å². The first-order chi connectivity index (χ1) is 6.16. The van der Waals surface area contributed by atoms with Crippen molar-refractivity contribution in [3.8, 4) is 11.8 Å². The number of rotatable bonds is 4. The summed E-state index contributed by atoms with van der Waals surface area (Å²) >= 11 is 0. The molecule has 0 aliphatic heterocycles. The average Bonchev–Trinajstić information content (AvgIpc) is 2.04. The number of hydrogen-bond donors (Lipinski definition) is 1. The van der Waals surface area contributed by atoms with Crippen molar-refractivity contribution >= 4 is 0 Å². The van der Waals surface area contributed by atoms with Gasteiger partial charge in [-0.1, -0.05) is 44.8 Å². The van der Waals surface area contributed by atoms with Gasteiger partial charge in [-0.25, -0.2) is 0 Å². The van der Waals surface area contributed by atoms with Gasteiger partial charge in [0, 0.05) is 5.92 Å². The molecule has 0 saturated heterocycles. The Morgan fingerprint density at radius 1 is 1.31 bits per heavy atom. The molecule has 1 N–H and O–H groups in total. The van der Waals surface area contributed by atoms with Crippen LogP contribution in [0.5, 0.6) is 0 Å². The fourth-order valence-electron chi connectivity index (χ4n) is 0.927. The molecule has 0 aliphatic carbocycles. The monoisotopic (exact) mass is 179 g/mol. The molecule has 0 saturated carbocycles. The smallest absolute Gasteiger partial charge is 0.0574 e. The molecule has 1 unspecified atom stereocenters. The van der Waals surface area contributed by atoms with E-state index < -0.39 is 0 Å². The third-order valence-corrected chi connectivity index (χ3v) is 1.62. The summed E-state index contributed by atoms with van der Waals surface area (Å²) in [6.45, 7) is 7.33. The molecule has 1 nitrogen and oxygen atoms in total. The van der Waals surface area contributed by atoms with Crippen molar-refractivity contribution in [2.75, 3.05) is 13.6 Å². The van der Waals surface area contributed by atoms with E-state index in [0.29, 0.717) is 11.8 Å². The number of nitrogens with one attached hydrogen (secondary N) is 1. The zero-order valence-corrected chi connectivity index (χ0v) is 9.22. The van der Waals surface area contributed by atoms with Crippen molar-refractivity contribution in [3.63, 3.8) is 0 Å². The topological polar surface area (TPSA) is 12.0 Å². The third-order valence-electron chi connectivity index (χ3n) is 1.62. The van der Waals surface area contributed by atoms with Gasteiger partial charge in [0.15, 0.2) is 0 Å². The Balaban J connectivity index is 3.64. The van der Waals surface area contributed by atoms with Crippen molar-refractivity contribution in [2.45, 2.75) is 27.2 Å². The van der Waals surface area contributed by atoms with Crippen molar-refractivity contribution < 1.29 is 0 Å². The molecule has 0 aromatic carbocycles. The molecule has 0 fully saturated rings. The second-order valence-electron chi connectivity index (χ2n) is 3.66.